The quantitative estimate of drug-likeness (QED) is 0.881. The second kappa shape index (κ2) is 5.28. The minimum atomic E-state index is -0.118. The van der Waals surface area contributed by atoms with Crippen molar-refractivity contribution in [3.05, 3.63) is 60.2 Å². The van der Waals surface area contributed by atoms with Crippen LogP contribution in [0, 0.1) is 0 Å². The van der Waals surface area contributed by atoms with Gasteiger partial charge in [0.2, 0.25) is 0 Å². The van der Waals surface area contributed by atoms with Gasteiger partial charge in [0, 0.05) is 37.9 Å². The summed E-state index contributed by atoms with van der Waals surface area (Å²) in [4.78, 5) is 20.8. The van der Waals surface area contributed by atoms with Crippen molar-refractivity contribution in [1.29, 1.82) is 0 Å². The van der Waals surface area contributed by atoms with Gasteiger partial charge in [-0.15, -0.1) is 0 Å². The first-order valence-corrected chi connectivity index (χ1v) is 6.40. The molecule has 2 aromatic rings. The van der Waals surface area contributed by atoms with Gasteiger partial charge in [-0.1, -0.05) is 12.1 Å². The molecule has 4 nitrogen and oxygen atoms in total. The first-order valence-electron chi connectivity index (χ1n) is 6.40. The normalized spacial score (nSPS) is 23.3. The van der Waals surface area contributed by atoms with Crippen molar-refractivity contribution in [1.82, 2.24) is 15.3 Å². The molecule has 1 fully saturated rings. The van der Waals surface area contributed by atoms with Crippen LogP contribution in [0.1, 0.15) is 23.0 Å². The number of pyridine rings is 2. The topological polar surface area (TPSA) is 54.9 Å². The summed E-state index contributed by atoms with van der Waals surface area (Å²) in [6.07, 6.45) is 7.00. The maximum atomic E-state index is 12.6. The summed E-state index contributed by atoms with van der Waals surface area (Å²) in [7, 11) is 0. The molecule has 3 rings (SSSR count). The van der Waals surface area contributed by atoms with E-state index in [4.69, 9.17) is 0 Å². The van der Waals surface area contributed by atoms with Crippen molar-refractivity contribution in [2.75, 3.05) is 13.1 Å². The average Bonchev–Trinajstić information content (AvgIpc) is 2.49. The van der Waals surface area contributed by atoms with Gasteiger partial charge in [-0.25, -0.2) is 0 Å². The van der Waals surface area contributed by atoms with E-state index >= 15 is 0 Å². The molecule has 0 bridgehead atoms. The van der Waals surface area contributed by atoms with Gasteiger partial charge in [0.15, 0.2) is 0 Å². The molecule has 2 unspecified atom stereocenters. The Morgan fingerprint density at radius 1 is 0.947 bits per heavy atom. The van der Waals surface area contributed by atoms with E-state index in [-0.39, 0.29) is 17.6 Å². The second-order valence-corrected chi connectivity index (χ2v) is 4.74. The molecular formula is C15H15N3O. The van der Waals surface area contributed by atoms with Crippen LogP contribution in [0.15, 0.2) is 49.1 Å². The number of nitrogens with one attached hydrogen (secondary N) is 1. The molecule has 0 aliphatic carbocycles. The molecule has 1 saturated heterocycles. The third-order valence-corrected chi connectivity index (χ3v) is 3.56. The summed E-state index contributed by atoms with van der Waals surface area (Å²) in [5.41, 5.74) is 1.96. The van der Waals surface area contributed by atoms with Crippen LogP contribution in [0.4, 0.5) is 0 Å². The van der Waals surface area contributed by atoms with Crippen molar-refractivity contribution in [3.8, 4) is 0 Å². The molecule has 1 N–H and O–H groups in total. The van der Waals surface area contributed by atoms with Crippen LogP contribution in [0.3, 0.4) is 0 Å². The molecule has 0 saturated carbocycles. The van der Waals surface area contributed by atoms with Crippen LogP contribution >= 0.6 is 0 Å². The van der Waals surface area contributed by atoms with Crippen molar-refractivity contribution in [2.24, 2.45) is 0 Å². The summed E-state index contributed by atoms with van der Waals surface area (Å²) in [6, 6.07) is 7.67. The van der Waals surface area contributed by atoms with Gasteiger partial charge in [-0.05, 0) is 23.3 Å². The Morgan fingerprint density at radius 3 is 1.89 bits per heavy atom. The number of ketones is 1. The molecule has 3 heterocycles. The molecule has 2 aromatic heterocycles. The van der Waals surface area contributed by atoms with Crippen molar-refractivity contribution in [2.45, 2.75) is 11.8 Å². The third kappa shape index (κ3) is 2.39. The van der Waals surface area contributed by atoms with Gasteiger partial charge in [-0.3, -0.25) is 14.8 Å². The Bertz CT molecular complexity index is 507. The zero-order chi connectivity index (χ0) is 13.1. The fraction of sp³-hybridized carbons (Fsp3) is 0.267. The molecule has 19 heavy (non-hydrogen) atoms. The van der Waals surface area contributed by atoms with Crippen LogP contribution in [-0.4, -0.2) is 28.8 Å². The predicted molar refractivity (Wildman–Crippen MR) is 71.8 cm³/mol. The fourth-order valence-corrected chi connectivity index (χ4v) is 2.54. The Morgan fingerprint density at radius 2 is 1.47 bits per heavy atom. The van der Waals surface area contributed by atoms with Gasteiger partial charge in [-0.2, -0.15) is 0 Å². The van der Waals surface area contributed by atoms with Crippen LogP contribution in [0.2, 0.25) is 0 Å². The summed E-state index contributed by atoms with van der Waals surface area (Å²) >= 11 is 0. The van der Waals surface area contributed by atoms with Crippen molar-refractivity contribution < 1.29 is 4.79 Å². The van der Waals surface area contributed by atoms with Crippen molar-refractivity contribution in [3.63, 3.8) is 0 Å². The highest BCUT2D eigenvalue weighted by molar-refractivity contribution is 5.92. The number of carbonyl (C=O) groups is 1. The summed E-state index contributed by atoms with van der Waals surface area (Å²) in [6.45, 7) is 1.36. The van der Waals surface area contributed by atoms with E-state index in [9.17, 15) is 4.79 Å². The molecule has 0 aromatic carbocycles. The highest BCUT2D eigenvalue weighted by atomic mass is 16.1. The smallest absolute Gasteiger partial charge is 0.150 e. The van der Waals surface area contributed by atoms with Gasteiger partial charge < -0.3 is 5.32 Å². The second-order valence-electron chi connectivity index (χ2n) is 4.74. The van der Waals surface area contributed by atoms with E-state index in [2.05, 4.69) is 15.3 Å². The zero-order valence-electron chi connectivity index (χ0n) is 10.5. The highest BCUT2D eigenvalue weighted by Gasteiger charge is 2.33. The van der Waals surface area contributed by atoms with Gasteiger partial charge in [0.05, 0.1) is 11.8 Å². The molecule has 1 aliphatic rings. The fourth-order valence-electron chi connectivity index (χ4n) is 2.54. The largest absolute Gasteiger partial charge is 0.315 e. The van der Waals surface area contributed by atoms with E-state index in [1.807, 2.05) is 24.3 Å². The molecular weight excluding hydrogens is 238 g/mol. The number of rotatable bonds is 2. The van der Waals surface area contributed by atoms with Gasteiger partial charge >= 0.3 is 0 Å². The zero-order valence-corrected chi connectivity index (χ0v) is 10.5. The lowest BCUT2D eigenvalue weighted by atomic mass is 9.82. The van der Waals surface area contributed by atoms with Gasteiger partial charge in [0.25, 0.3) is 0 Å². The minimum absolute atomic E-state index is 0.118. The van der Waals surface area contributed by atoms with Gasteiger partial charge in [0.1, 0.15) is 5.78 Å². The first kappa shape index (κ1) is 12.0. The number of nitrogens with zero attached hydrogens (tertiary/aromatic N) is 2. The summed E-state index contributed by atoms with van der Waals surface area (Å²) in [5.74, 6) is 0.0139. The lowest BCUT2D eigenvalue weighted by Gasteiger charge is -2.28. The van der Waals surface area contributed by atoms with Crippen molar-refractivity contribution >= 4 is 5.78 Å². The number of hydrogen-bond acceptors (Lipinski definition) is 4. The average molecular weight is 253 g/mol. The maximum Gasteiger partial charge on any atom is 0.150 e. The lowest BCUT2D eigenvalue weighted by molar-refractivity contribution is -0.122. The lowest BCUT2D eigenvalue weighted by Crippen LogP contribution is -2.41. The number of Topliss-reactive ketones (excluding diaryl/α,β-unsaturated/α-hetero) is 1. The van der Waals surface area contributed by atoms with E-state index in [0.29, 0.717) is 13.1 Å². The monoisotopic (exact) mass is 253 g/mol. The van der Waals surface area contributed by atoms with E-state index in [0.717, 1.165) is 11.1 Å². The Hall–Kier alpha value is -2.07. The van der Waals surface area contributed by atoms with Crippen LogP contribution in [0.5, 0.6) is 0 Å². The molecule has 96 valence electrons. The van der Waals surface area contributed by atoms with Crippen LogP contribution in [-0.2, 0) is 4.79 Å². The number of carbonyl (C=O) groups excluding carboxylic acids is 1. The number of aromatic nitrogens is 2. The number of hydrogen-bond donors (Lipinski definition) is 1. The Labute approximate surface area is 111 Å². The molecule has 0 radical (unpaired) electrons. The predicted octanol–water partition coefficient (Wildman–Crippen LogP) is 1.52. The van der Waals surface area contributed by atoms with Crippen LogP contribution < -0.4 is 5.32 Å². The molecule has 0 spiro atoms. The Balaban J connectivity index is 1.88. The summed E-state index contributed by atoms with van der Waals surface area (Å²) in [5, 5.41) is 3.34. The molecule has 2 atom stereocenters. The highest BCUT2D eigenvalue weighted by Crippen LogP contribution is 2.28. The third-order valence-electron chi connectivity index (χ3n) is 3.56. The van der Waals surface area contributed by atoms with E-state index in [1.54, 1.807) is 24.8 Å². The standard InChI is InChI=1S/C15H15N3O/c19-15-13(11-3-1-5-16-7-11)9-18-10-14(15)12-4-2-6-17-8-12/h1-8,13-14,18H,9-10H2. The SMILES string of the molecule is O=C1C(c2cccnc2)CNCC1c1cccnc1. The molecule has 1 aliphatic heterocycles. The minimum Gasteiger partial charge on any atom is -0.315 e. The van der Waals surface area contributed by atoms with Crippen LogP contribution in [0.25, 0.3) is 0 Å². The maximum absolute atomic E-state index is 12.6. The number of piperidine rings is 1. The summed E-state index contributed by atoms with van der Waals surface area (Å²) < 4.78 is 0. The molecule has 0 amide bonds. The van der Waals surface area contributed by atoms with E-state index < -0.39 is 0 Å². The first-order chi connectivity index (χ1) is 9.36. The van der Waals surface area contributed by atoms with E-state index in [1.165, 1.54) is 0 Å². The molecule has 4 heteroatoms. The Kier molecular flexibility index (Phi) is 3.33.